The normalized spacial score (nSPS) is 27.1. The van der Waals surface area contributed by atoms with Gasteiger partial charge in [-0.05, 0) is 63.6 Å². The van der Waals surface area contributed by atoms with Crippen LogP contribution in [0.25, 0.3) is 21.3 Å². The van der Waals surface area contributed by atoms with Gasteiger partial charge in [-0.3, -0.25) is 4.90 Å². The molecule has 2 atom stereocenters. The lowest BCUT2D eigenvalue weighted by Crippen LogP contribution is -2.46. The minimum atomic E-state index is -0.443. The van der Waals surface area contributed by atoms with Crippen molar-refractivity contribution >= 4 is 27.6 Å². The van der Waals surface area contributed by atoms with Gasteiger partial charge in [-0.15, -0.1) is 11.3 Å². The van der Waals surface area contributed by atoms with E-state index in [9.17, 15) is 4.79 Å². The van der Waals surface area contributed by atoms with Gasteiger partial charge in [-0.1, -0.05) is 6.07 Å². The Labute approximate surface area is 204 Å². The average molecular weight is 478 g/mol. The fourth-order valence-corrected chi connectivity index (χ4v) is 6.80. The fourth-order valence-electron chi connectivity index (χ4n) is 5.67. The molecule has 1 aliphatic carbocycles. The molecule has 1 aromatic carbocycles. The Morgan fingerprint density at radius 2 is 1.91 bits per heavy atom. The molecular formula is C26H31N5O2S. The van der Waals surface area contributed by atoms with Gasteiger partial charge in [-0.25, -0.2) is 19.7 Å². The highest BCUT2D eigenvalue weighted by Gasteiger charge is 2.48. The van der Waals surface area contributed by atoms with E-state index in [1.807, 2.05) is 49.4 Å². The molecule has 178 valence electrons. The summed E-state index contributed by atoms with van der Waals surface area (Å²) in [6.07, 6.45) is 8.51. The molecule has 2 aliphatic heterocycles. The number of ether oxygens (including phenoxy) is 1. The molecule has 3 fully saturated rings. The number of nitrogens with zero attached hydrogens (tertiary/aromatic N) is 5. The third kappa shape index (κ3) is 4.07. The zero-order chi connectivity index (χ0) is 23.4. The topological polar surface area (TPSA) is 71.5 Å². The maximum Gasteiger partial charge on any atom is 0.410 e. The summed E-state index contributed by atoms with van der Waals surface area (Å²) >= 11 is 1.82. The van der Waals surface area contributed by atoms with E-state index in [2.05, 4.69) is 33.1 Å². The standard InChI is InChI=1S/C26H31N5O2S/c1-26(2,3)33-25(32)31-7-6-17-13-30(14-22(17)31)20-8-18(9-20)24-29-21-5-4-16(10-23(21)34-24)19-11-27-15-28-12-19/h4-5,10-12,15,17-18,20,22H,6-9,13-14H2,1-3H3. The predicted molar refractivity (Wildman–Crippen MR) is 133 cm³/mol. The third-order valence-electron chi connectivity index (χ3n) is 7.48. The van der Waals surface area contributed by atoms with Crippen LogP contribution in [0.15, 0.2) is 36.9 Å². The lowest BCUT2D eigenvalue weighted by Gasteiger charge is -2.41. The van der Waals surface area contributed by atoms with Gasteiger partial charge in [0.1, 0.15) is 11.9 Å². The molecular weight excluding hydrogens is 446 g/mol. The van der Waals surface area contributed by atoms with E-state index in [1.165, 1.54) is 9.71 Å². The number of benzene rings is 1. The smallest absolute Gasteiger partial charge is 0.410 e. The summed E-state index contributed by atoms with van der Waals surface area (Å²) in [6.45, 7) is 8.72. The molecule has 7 nitrogen and oxygen atoms in total. The molecule has 8 heteroatoms. The number of amides is 1. The van der Waals surface area contributed by atoms with E-state index in [0.29, 0.717) is 23.9 Å². The van der Waals surface area contributed by atoms with Crippen LogP contribution in [0.4, 0.5) is 4.79 Å². The van der Waals surface area contributed by atoms with Crippen LogP contribution >= 0.6 is 11.3 Å². The Morgan fingerprint density at radius 1 is 1.12 bits per heavy atom. The van der Waals surface area contributed by atoms with E-state index in [1.54, 1.807) is 6.33 Å². The second kappa shape index (κ2) is 8.27. The highest BCUT2D eigenvalue weighted by atomic mass is 32.1. The molecule has 1 saturated carbocycles. The third-order valence-corrected chi connectivity index (χ3v) is 8.66. The minimum Gasteiger partial charge on any atom is -0.444 e. The summed E-state index contributed by atoms with van der Waals surface area (Å²) in [5.41, 5.74) is 2.80. The quantitative estimate of drug-likeness (QED) is 0.532. The van der Waals surface area contributed by atoms with Crippen molar-refractivity contribution in [2.24, 2.45) is 5.92 Å². The summed E-state index contributed by atoms with van der Waals surface area (Å²) in [5.74, 6) is 1.11. The molecule has 2 saturated heterocycles. The first-order valence-electron chi connectivity index (χ1n) is 12.2. The van der Waals surface area contributed by atoms with Crippen molar-refractivity contribution < 1.29 is 9.53 Å². The molecule has 0 N–H and O–H groups in total. The molecule has 6 rings (SSSR count). The summed E-state index contributed by atoms with van der Waals surface area (Å²) in [6, 6.07) is 7.32. The summed E-state index contributed by atoms with van der Waals surface area (Å²) in [4.78, 5) is 30.5. The maximum absolute atomic E-state index is 12.7. The van der Waals surface area contributed by atoms with Crippen LogP contribution in [-0.4, -0.2) is 68.2 Å². The van der Waals surface area contributed by atoms with Crippen LogP contribution in [0.5, 0.6) is 0 Å². The van der Waals surface area contributed by atoms with E-state index < -0.39 is 5.60 Å². The van der Waals surface area contributed by atoms with Crippen LogP contribution in [0.1, 0.15) is 51.0 Å². The molecule has 4 heterocycles. The first kappa shape index (κ1) is 21.9. The Hall–Kier alpha value is -2.58. The van der Waals surface area contributed by atoms with Gasteiger partial charge in [0.25, 0.3) is 0 Å². The molecule has 0 bridgehead atoms. The second-order valence-electron chi connectivity index (χ2n) is 10.9. The zero-order valence-corrected chi connectivity index (χ0v) is 20.8. The van der Waals surface area contributed by atoms with Crippen molar-refractivity contribution in [3.05, 3.63) is 41.9 Å². The number of aromatic nitrogens is 3. The molecule has 0 radical (unpaired) electrons. The Balaban J connectivity index is 1.09. The summed E-state index contributed by atoms with van der Waals surface area (Å²) in [5, 5.41) is 1.25. The lowest BCUT2D eigenvalue weighted by molar-refractivity contribution is 0.0204. The average Bonchev–Trinajstić information content (AvgIpc) is 3.45. The van der Waals surface area contributed by atoms with Crippen molar-refractivity contribution in [3.63, 3.8) is 0 Å². The summed E-state index contributed by atoms with van der Waals surface area (Å²) in [7, 11) is 0. The Kier molecular flexibility index (Phi) is 5.33. The van der Waals surface area contributed by atoms with E-state index in [0.717, 1.165) is 55.5 Å². The van der Waals surface area contributed by atoms with Crippen molar-refractivity contribution in [1.82, 2.24) is 24.8 Å². The zero-order valence-electron chi connectivity index (χ0n) is 20.0. The van der Waals surface area contributed by atoms with Gasteiger partial charge in [0.2, 0.25) is 0 Å². The molecule has 2 aromatic heterocycles. The fraction of sp³-hybridized carbons (Fsp3) is 0.538. The molecule has 1 amide bonds. The minimum absolute atomic E-state index is 0.149. The first-order chi connectivity index (χ1) is 16.3. The SMILES string of the molecule is CC(C)(C)OC(=O)N1CCC2CN(C3CC(c4nc5ccc(-c6cncnc6)cc5s4)C3)CC21. The number of fused-ring (bicyclic) bond motifs is 2. The van der Waals surface area contributed by atoms with Gasteiger partial charge in [-0.2, -0.15) is 0 Å². The Morgan fingerprint density at radius 3 is 2.68 bits per heavy atom. The van der Waals surface area contributed by atoms with E-state index >= 15 is 0 Å². The number of thiazole rings is 1. The molecule has 2 unspecified atom stereocenters. The number of likely N-dealkylation sites (tertiary alicyclic amines) is 2. The number of rotatable bonds is 3. The van der Waals surface area contributed by atoms with Gasteiger partial charge in [0.15, 0.2) is 0 Å². The summed E-state index contributed by atoms with van der Waals surface area (Å²) < 4.78 is 6.89. The highest BCUT2D eigenvalue weighted by Crippen LogP contribution is 2.45. The number of hydrogen-bond acceptors (Lipinski definition) is 7. The van der Waals surface area contributed by atoms with Gasteiger partial charge in [0, 0.05) is 49.6 Å². The van der Waals surface area contributed by atoms with Crippen LogP contribution in [0, 0.1) is 5.92 Å². The van der Waals surface area contributed by atoms with Crippen LogP contribution in [0.2, 0.25) is 0 Å². The van der Waals surface area contributed by atoms with Crippen molar-refractivity contribution in [2.75, 3.05) is 19.6 Å². The van der Waals surface area contributed by atoms with Crippen LogP contribution in [-0.2, 0) is 4.74 Å². The maximum atomic E-state index is 12.7. The van der Waals surface area contributed by atoms with Crippen molar-refractivity contribution in [2.45, 2.75) is 63.6 Å². The Bertz CT molecular complexity index is 1200. The first-order valence-corrected chi connectivity index (χ1v) is 13.1. The van der Waals surface area contributed by atoms with Gasteiger partial charge >= 0.3 is 6.09 Å². The highest BCUT2D eigenvalue weighted by molar-refractivity contribution is 7.18. The van der Waals surface area contributed by atoms with Crippen molar-refractivity contribution in [3.8, 4) is 11.1 Å². The largest absolute Gasteiger partial charge is 0.444 e. The molecule has 3 aliphatic rings. The predicted octanol–water partition coefficient (Wildman–Crippen LogP) is 4.94. The number of carbonyl (C=O) groups is 1. The van der Waals surface area contributed by atoms with Crippen LogP contribution in [0.3, 0.4) is 0 Å². The molecule has 0 spiro atoms. The number of carbonyl (C=O) groups excluding carboxylic acids is 1. The second-order valence-corrected chi connectivity index (χ2v) is 12.0. The monoisotopic (exact) mass is 477 g/mol. The lowest BCUT2D eigenvalue weighted by atomic mass is 9.80. The van der Waals surface area contributed by atoms with Gasteiger partial charge < -0.3 is 9.64 Å². The van der Waals surface area contributed by atoms with E-state index in [4.69, 9.17) is 9.72 Å². The van der Waals surface area contributed by atoms with Gasteiger partial charge in [0.05, 0.1) is 21.3 Å². The molecule has 34 heavy (non-hydrogen) atoms. The van der Waals surface area contributed by atoms with E-state index in [-0.39, 0.29) is 6.09 Å². The van der Waals surface area contributed by atoms with Crippen molar-refractivity contribution in [1.29, 1.82) is 0 Å². The number of hydrogen-bond donors (Lipinski definition) is 0. The van der Waals surface area contributed by atoms with Crippen LogP contribution < -0.4 is 0 Å². The molecule has 3 aromatic rings.